The Kier molecular flexibility index (Phi) is 3.37. The van der Waals surface area contributed by atoms with E-state index in [2.05, 4.69) is 10.4 Å². The second kappa shape index (κ2) is 5.35. The van der Waals surface area contributed by atoms with E-state index < -0.39 is 4.92 Å². The summed E-state index contributed by atoms with van der Waals surface area (Å²) in [6.07, 6.45) is 0. The summed E-state index contributed by atoms with van der Waals surface area (Å²) in [5.41, 5.74) is 1.08. The molecule has 0 atom stereocenters. The van der Waals surface area contributed by atoms with E-state index in [1.165, 1.54) is 10.7 Å². The van der Waals surface area contributed by atoms with Crippen molar-refractivity contribution >= 4 is 17.4 Å². The van der Waals surface area contributed by atoms with Crippen LogP contribution in [0.4, 0.5) is 11.5 Å². The number of rotatable bonds is 4. The molecule has 1 aliphatic heterocycles. The van der Waals surface area contributed by atoms with Crippen molar-refractivity contribution in [3.63, 3.8) is 0 Å². The number of hydrogen-bond donors (Lipinski definition) is 1. The van der Waals surface area contributed by atoms with E-state index in [1.54, 1.807) is 25.1 Å². The number of nitro groups is 1. The average Bonchev–Trinajstić information content (AvgIpc) is 3.05. The molecule has 9 heteroatoms. The molecule has 2 aromatic rings. The number of aryl methyl sites for hydroxylation is 1. The highest BCUT2D eigenvalue weighted by Crippen LogP contribution is 2.34. The number of amides is 1. The van der Waals surface area contributed by atoms with Crippen LogP contribution in [-0.4, -0.2) is 27.4 Å². The summed E-state index contributed by atoms with van der Waals surface area (Å²) in [4.78, 5) is 22.1. The molecule has 0 spiro atoms. The third-order valence-corrected chi connectivity index (χ3v) is 3.11. The molecule has 3 rings (SSSR count). The molecule has 0 saturated heterocycles. The van der Waals surface area contributed by atoms with Crippen LogP contribution in [0.1, 0.15) is 5.69 Å². The summed E-state index contributed by atoms with van der Waals surface area (Å²) in [6.45, 7) is 1.69. The lowest BCUT2D eigenvalue weighted by Gasteiger charge is -2.05. The summed E-state index contributed by atoms with van der Waals surface area (Å²) in [6, 6.07) is 6.35. The summed E-state index contributed by atoms with van der Waals surface area (Å²) in [5.74, 6) is 0.550. The maximum Gasteiger partial charge on any atom is 0.390 e. The Labute approximate surface area is 124 Å². The highest BCUT2D eigenvalue weighted by Gasteiger charge is 2.18. The fourth-order valence-electron chi connectivity index (χ4n) is 2.05. The molecule has 1 aromatic carbocycles. The van der Waals surface area contributed by atoms with Gasteiger partial charge < -0.3 is 24.9 Å². The standard InChI is InChI=1S/C13H12N4O5/c1-8-4-12(17(19)20)15-16(8)6-13(18)14-9-2-3-10-11(5-9)22-7-21-10/h2-5H,6-7H2,1H3,(H,14,18). The minimum atomic E-state index is -0.598. The van der Waals surface area contributed by atoms with Gasteiger partial charge in [-0.2, -0.15) is 4.68 Å². The molecule has 1 N–H and O–H groups in total. The predicted octanol–water partition coefficient (Wildman–Crippen LogP) is 1.47. The zero-order valence-corrected chi connectivity index (χ0v) is 11.6. The lowest BCUT2D eigenvalue weighted by atomic mass is 10.3. The maximum atomic E-state index is 12.0. The monoisotopic (exact) mass is 304 g/mol. The van der Waals surface area contributed by atoms with E-state index in [0.29, 0.717) is 22.9 Å². The SMILES string of the molecule is Cc1cc([N+](=O)[O-])nn1CC(=O)Nc1ccc2c(c1)OCO2. The van der Waals surface area contributed by atoms with Crippen LogP contribution in [0, 0.1) is 17.0 Å². The smallest absolute Gasteiger partial charge is 0.390 e. The Balaban J connectivity index is 1.69. The molecule has 9 nitrogen and oxygen atoms in total. The summed E-state index contributed by atoms with van der Waals surface area (Å²) in [5, 5.41) is 17.1. The topological polar surface area (TPSA) is 109 Å². The summed E-state index contributed by atoms with van der Waals surface area (Å²) >= 11 is 0. The number of hydrogen-bond acceptors (Lipinski definition) is 6. The molecule has 0 bridgehead atoms. The highest BCUT2D eigenvalue weighted by atomic mass is 16.7. The van der Waals surface area contributed by atoms with Gasteiger partial charge in [-0.05, 0) is 24.0 Å². The fourth-order valence-corrected chi connectivity index (χ4v) is 2.05. The Bertz CT molecular complexity index is 755. The van der Waals surface area contributed by atoms with Crippen molar-refractivity contribution in [1.29, 1.82) is 0 Å². The normalized spacial score (nSPS) is 12.2. The molecule has 1 aliphatic rings. The van der Waals surface area contributed by atoms with Crippen LogP contribution < -0.4 is 14.8 Å². The van der Waals surface area contributed by atoms with Crippen molar-refractivity contribution in [2.75, 3.05) is 12.1 Å². The van der Waals surface area contributed by atoms with Gasteiger partial charge in [-0.25, -0.2) is 0 Å². The summed E-state index contributed by atoms with van der Waals surface area (Å²) in [7, 11) is 0. The van der Waals surface area contributed by atoms with Gasteiger partial charge in [0.1, 0.15) is 6.54 Å². The van der Waals surface area contributed by atoms with E-state index in [9.17, 15) is 14.9 Å². The fraction of sp³-hybridized carbons (Fsp3) is 0.231. The molecule has 22 heavy (non-hydrogen) atoms. The number of fused-ring (bicyclic) bond motifs is 1. The minimum absolute atomic E-state index is 0.117. The lowest BCUT2D eigenvalue weighted by molar-refractivity contribution is -0.389. The van der Waals surface area contributed by atoms with Crippen molar-refractivity contribution in [3.05, 3.63) is 40.1 Å². The molecule has 0 fully saturated rings. The molecule has 1 amide bonds. The Morgan fingerprint density at radius 2 is 2.18 bits per heavy atom. The van der Waals surface area contributed by atoms with E-state index in [0.717, 1.165) is 0 Å². The van der Waals surface area contributed by atoms with E-state index in [1.807, 2.05) is 0 Å². The van der Waals surface area contributed by atoms with Crippen LogP contribution in [0.5, 0.6) is 11.5 Å². The van der Waals surface area contributed by atoms with Gasteiger partial charge in [0.25, 0.3) is 0 Å². The van der Waals surface area contributed by atoms with Gasteiger partial charge in [0, 0.05) is 11.8 Å². The van der Waals surface area contributed by atoms with Gasteiger partial charge in [0.2, 0.25) is 12.7 Å². The van der Waals surface area contributed by atoms with Gasteiger partial charge in [-0.1, -0.05) is 0 Å². The maximum absolute atomic E-state index is 12.0. The van der Waals surface area contributed by atoms with Gasteiger partial charge >= 0.3 is 5.82 Å². The number of anilines is 1. The molecular formula is C13H12N4O5. The van der Waals surface area contributed by atoms with Gasteiger partial charge in [-0.15, -0.1) is 0 Å². The molecule has 114 valence electrons. The minimum Gasteiger partial charge on any atom is -0.454 e. The Hall–Kier alpha value is -3.10. The molecule has 0 radical (unpaired) electrons. The lowest BCUT2D eigenvalue weighted by Crippen LogP contribution is -2.20. The van der Waals surface area contributed by atoms with Gasteiger partial charge in [0.15, 0.2) is 11.5 Å². The first kappa shape index (κ1) is 13.9. The molecular weight excluding hydrogens is 292 g/mol. The first-order valence-electron chi connectivity index (χ1n) is 6.41. The van der Waals surface area contributed by atoms with Crippen LogP contribution in [0.3, 0.4) is 0 Å². The van der Waals surface area contributed by atoms with E-state index in [-0.39, 0.29) is 25.1 Å². The average molecular weight is 304 g/mol. The van der Waals surface area contributed by atoms with Crippen molar-refractivity contribution in [2.24, 2.45) is 0 Å². The first-order valence-corrected chi connectivity index (χ1v) is 6.41. The number of aromatic nitrogens is 2. The third-order valence-electron chi connectivity index (χ3n) is 3.11. The zero-order chi connectivity index (χ0) is 15.7. The van der Waals surface area contributed by atoms with Crippen molar-refractivity contribution in [2.45, 2.75) is 13.5 Å². The second-order valence-corrected chi connectivity index (χ2v) is 4.67. The molecule has 1 aromatic heterocycles. The predicted molar refractivity (Wildman–Crippen MR) is 74.8 cm³/mol. The summed E-state index contributed by atoms with van der Waals surface area (Å²) < 4.78 is 11.7. The van der Waals surface area contributed by atoms with Crippen LogP contribution in [0.25, 0.3) is 0 Å². The highest BCUT2D eigenvalue weighted by molar-refractivity contribution is 5.91. The largest absolute Gasteiger partial charge is 0.454 e. The van der Waals surface area contributed by atoms with Crippen LogP contribution in [0.2, 0.25) is 0 Å². The van der Waals surface area contributed by atoms with Crippen LogP contribution in [-0.2, 0) is 11.3 Å². The zero-order valence-electron chi connectivity index (χ0n) is 11.6. The first-order chi connectivity index (χ1) is 10.5. The van der Waals surface area contributed by atoms with Gasteiger partial charge in [-0.3, -0.25) is 4.79 Å². The molecule has 2 heterocycles. The number of carbonyl (C=O) groups excluding carboxylic acids is 1. The second-order valence-electron chi connectivity index (χ2n) is 4.67. The van der Waals surface area contributed by atoms with Gasteiger partial charge in [0.05, 0.1) is 16.9 Å². The Morgan fingerprint density at radius 3 is 2.91 bits per heavy atom. The van der Waals surface area contributed by atoms with E-state index >= 15 is 0 Å². The number of nitrogens with one attached hydrogen (secondary N) is 1. The number of nitrogens with zero attached hydrogens (tertiary/aromatic N) is 3. The number of benzene rings is 1. The van der Waals surface area contributed by atoms with E-state index in [4.69, 9.17) is 9.47 Å². The quantitative estimate of drug-likeness (QED) is 0.676. The number of carbonyl (C=O) groups is 1. The molecule has 0 aliphatic carbocycles. The van der Waals surface area contributed by atoms with Crippen LogP contribution in [0.15, 0.2) is 24.3 Å². The molecule has 0 unspecified atom stereocenters. The van der Waals surface area contributed by atoms with Crippen molar-refractivity contribution in [3.8, 4) is 11.5 Å². The number of ether oxygens (including phenoxy) is 2. The Morgan fingerprint density at radius 1 is 1.41 bits per heavy atom. The van der Waals surface area contributed by atoms with Crippen LogP contribution >= 0.6 is 0 Å². The van der Waals surface area contributed by atoms with Crippen molar-refractivity contribution in [1.82, 2.24) is 9.78 Å². The molecule has 0 saturated carbocycles. The van der Waals surface area contributed by atoms with Crippen molar-refractivity contribution < 1.29 is 19.2 Å². The third kappa shape index (κ3) is 2.68.